The van der Waals surface area contributed by atoms with E-state index in [9.17, 15) is 0 Å². The second kappa shape index (κ2) is 3.69. The first-order chi connectivity index (χ1) is 8.84. The maximum atomic E-state index is 2.29. The molecule has 0 aliphatic heterocycles. The minimum absolute atomic E-state index is 1.18. The molecule has 0 amide bonds. The zero-order valence-electron chi connectivity index (χ0n) is 10.4. The average molecular weight is 250 g/mol. The standard InChI is InChI=1S/C17H14S/c1-11-5-4-8-14-16-13-7-3-2-6-12(13)9-10-15(16)18-17(11)14/h2,4-6,8-10H,3,7H2,1H3. The fourth-order valence-corrected chi connectivity index (χ4v) is 4.18. The molecule has 0 bridgehead atoms. The van der Waals surface area contributed by atoms with Crippen molar-refractivity contribution in [2.75, 3.05) is 0 Å². The predicted octanol–water partition coefficient (Wildman–Crippen LogP) is 5.32. The van der Waals surface area contributed by atoms with Gasteiger partial charge in [-0.05, 0) is 42.5 Å². The summed E-state index contributed by atoms with van der Waals surface area (Å²) in [6.07, 6.45) is 6.92. The lowest BCUT2D eigenvalue weighted by atomic mass is 9.93. The molecule has 0 unspecified atom stereocenters. The predicted molar refractivity (Wildman–Crippen MR) is 81.4 cm³/mol. The first kappa shape index (κ1) is 10.3. The van der Waals surface area contributed by atoms with Crippen molar-refractivity contribution >= 4 is 37.6 Å². The number of hydrogen-bond donors (Lipinski definition) is 0. The molecule has 0 atom stereocenters. The molecule has 0 fully saturated rings. The minimum Gasteiger partial charge on any atom is -0.135 e. The van der Waals surface area contributed by atoms with E-state index in [1.807, 2.05) is 11.3 Å². The van der Waals surface area contributed by atoms with E-state index in [0.717, 1.165) is 0 Å². The Bertz CT molecular complexity index is 790. The molecular formula is C17H14S. The Morgan fingerprint density at radius 2 is 2.06 bits per heavy atom. The van der Waals surface area contributed by atoms with Crippen molar-refractivity contribution in [3.8, 4) is 0 Å². The number of allylic oxidation sites excluding steroid dienone is 1. The van der Waals surface area contributed by atoms with Gasteiger partial charge in [0.15, 0.2) is 0 Å². The molecule has 4 rings (SSSR count). The molecule has 0 N–H and O–H groups in total. The van der Waals surface area contributed by atoms with Crippen LogP contribution in [0.2, 0.25) is 0 Å². The molecule has 0 radical (unpaired) electrons. The van der Waals surface area contributed by atoms with Crippen LogP contribution in [0.5, 0.6) is 0 Å². The highest BCUT2D eigenvalue weighted by molar-refractivity contribution is 7.26. The van der Waals surface area contributed by atoms with Crippen LogP contribution in [0.1, 0.15) is 23.1 Å². The normalized spacial score (nSPS) is 14.3. The van der Waals surface area contributed by atoms with Gasteiger partial charge in [0, 0.05) is 20.2 Å². The van der Waals surface area contributed by atoms with E-state index in [1.54, 1.807) is 5.56 Å². The van der Waals surface area contributed by atoms with Crippen molar-refractivity contribution in [1.82, 2.24) is 0 Å². The number of hydrogen-bond acceptors (Lipinski definition) is 1. The third-order valence-corrected chi connectivity index (χ3v) is 5.17. The quantitative estimate of drug-likeness (QED) is 0.506. The Balaban J connectivity index is 2.24. The highest BCUT2D eigenvalue weighted by Crippen LogP contribution is 2.40. The zero-order chi connectivity index (χ0) is 12.1. The SMILES string of the molecule is Cc1cccc2c1sc1ccc3c(c12)CCC=C3. The van der Waals surface area contributed by atoms with Gasteiger partial charge in [-0.2, -0.15) is 0 Å². The number of rotatable bonds is 0. The smallest absolute Gasteiger partial charge is 0.0384 e. The molecule has 0 spiro atoms. The molecule has 1 aliphatic carbocycles. The van der Waals surface area contributed by atoms with E-state index < -0.39 is 0 Å². The number of aryl methyl sites for hydroxylation is 2. The molecule has 88 valence electrons. The van der Waals surface area contributed by atoms with Crippen molar-refractivity contribution in [1.29, 1.82) is 0 Å². The summed E-state index contributed by atoms with van der Waals surface area (Å²) in [5.41, 5.74) is 4.36. The first-order valence-electron chi connectivity index (χ1n) is 6.45. The van der Waals surface area contributed by atoms with Crippen LogP contribution >= 0.6 is 11.3 Å². The van der Waals surface area contributed by atoms with Gasteiger partial charge < -0.3 is 0 Å². The highest BCUT2D eigenvalue weighted by atomic mass is 32.1. The van der Waals surface area contributed by atoms with Crippen LogP contribution in [-0.2, 0) is 6.42 Å². The first-order valence-corrected chi connectivity index (χ1v) is 7.26. The summed E-state index contributed by atoms with van der Waals surface area (Å²) < 4.78 is 2.89. The van der Waals surface area contributed by atoms with Crippen LogP contribution in [0.3, 0.4) is 0 Å². The highest BCUT2D eigenvalue weighted by Gasteiger charge is 2.14. The summed E-state index contributed by atoms with van der Waals surface area (Å²) in [5.74, 6) is 0. The Kier molecular flexibility index (Phi) is 2.12. The lowest BCUT2D eigenvalue weighted by Gasteiger charge is -2.11. The van der Waals surface area contributed by atoms with Crippen LogP contribution in [0.4, 0.5) is 0 Å². The summed E-state index contributed by atoms with van der Waals surface area (Å²) in [6.45, 7) is 2.21. The fraction of sp³-hybridized carbons (Fsp3) is 0.176. The van der Waals surface area contributed by atoms with E-state index in [2.05, 4.69) is 49.4 Å². The van der Waals surface area contributed by atoms with Crippen LogP contribution < -0.4 is 0 Å². The molecule has 0 saturated carbocycles. The summed E-state index contributed by atoms with van der Waals surface area (Å²) in [7, 11) is 0. The van der Waals surface area contributed by atoms with Gasteiger partial charge in [-0.15, -0.1) is 11.3 Å². The van der Waals surface area contributed by atoms with Gasteiger partial charge in [-0.3, -0.25) is 0 Å². The Morgan fingerprint density at radius 3 is 3.00 bits per heavy atom. The van der Waals surface area contributed by atoms with Crippen LogP contribution in [0.25, 0.3) is 26.2 Å². The molecule has 3 aromatic rings. The van der Waals surface area contributed by atoms with Crippen molar-refractivity contribution in [3.63, 3.8) is 0 Å². The largest absolute Gasteiger partial charge is 0.135 e. The Morgan fingerprint density at radius 1 is 1.11 bits per heavy atom. The van der Waals surface area contributed by atoms with E-state index in [1.165, 1.54) is 44.1 Å². The van der Waals surface area contributed by atoms with Crippen molar-refractivity contribution in [3.05, 3.63) is 53.1 Å². The van der Waals surface area contributed by atoms with Crippen LogP contribution in [0.15, 0.2) is 36.4 Å². The van der Waals surface area contributed by atoms with Gasteiger partial charge in [-0.25, -0.2) is 0 Å². The Hall–Kier alpha value is -1.60. The van der Waals surface area contributed by atoms with Crippen LogP contribution in [-0.4, -0.2) is 0 Å². The third kappa shape index (κ3) is 1.31. The topological polar surface area (TPSA) is 0 Å². The maximum absolute atomic E-state index is 2.29. The Labute approximate surface area is 111 Å². The molecule has 2 aromatic carbocycles. The van der Waals surface area contributed by atoms with E-state index in [0.29, 0.717) is 0 Å². The molecule has 1 heteroatoms. The third-order valence-electron chi connectivity index (χ3n) is 3.86. The summed E-state index contributed by atoms with van der Waals surface area (Å²) in [5, 5.41) is 2.95. The number of fused-ring (bicyclic) bond motifs is 5. The maximum Gasteiger partial charge on any atom is 0.0384 e. The van der Waals surface area contributed by atoms with Crippen LogP contribution in [0, 0.1) is 6.92 Å². The van der Waals surface area contributed by atoms with Gasteiger partial charge in [0.2, 0.25) is 0 Å². The minimum atomic E-state index is 1.18. The number of benzene rings is 2. The summed E-state index contributed by atoms with van der Waals surface area (Å²) >= 11 is 1.94. The lowest BCUT2D eigenvalue weighted by Crippen LogP contribution is -1.94. The van der Waals surface area contributed by atoms with Crippen molar-refractivity contribution < 1.29 is 0 Å². The zero-order valence-corrected chi connectivity index (χ0v) is 11.2. The second-order valence-corrected chi connectivity index (χ2v) is 6.05. The van der Waals surface area contributed by atoms with Gasteiger partial charge >= 0.3 is 0 Å². The fourth-order valence-electron chi connectivity index (χ4n) is 2.98. The van der Waals surface area contributed by atoms with Crippen molar-refractivity contribution in [2.45, 2.75) is 19.8 Å². The molecule has 0 saturated heterocycles. The number of thiophene rings is 1. The molecule has 18 heavy (non-hydrogen) atoms. The lowest BCUT2D eigenvalue weighted by molar-refractivity contribution is 0.999. The molecule has 1 aromatic heterocycles. The van der Waals surface area contributed by atoms with E-state index >= 15 is 0 Å². The van der Waals surface area contributed by atoms with Crippen molar-refractivity contribution in [2.24, 2.45) is 0 Å². The van der Waals surface area contributed by atoms with Gasteiger partial charge in [0.1, 0.15) is 0 Å². The van der Waals surface area contributed by atoms with Gasteiger partial charge in [0.25, 0.3) is 0 Å². The van der Waals surface area contributed by atoms with E-state index in [4.69, 9.17) is 0 Å². The molecular weight excluding hydrogens is 236 g/mol. The van der Waals surface area contributed by atoms with E-state index in [-0.39, 0.29) is 0 Å². The molecule has 1 aliphatic rings. The molecule has 0 nitrogen and oxygen atoms in total. The summed E-state index contributed by atoms with van der Waals surface area (Å²) in [6, 6.07) is 11.2. The molecule has 1 heterocycles. The monoisotopic (exact) mass is 250 g/mol. The summed E-state index contributed by atoms with van der Waals surface area (Å²) in [4.78, 5) is 0. The van der Waals surface area contributed by atoms with Gasteiger partial charge in [-0.1, -0.05) is 36.4 Å². The van der Waals surface area contributed by atoms with Gasteiger partial charge in [0.05, 0.1) is 0 Å². The average Bonchev–Trinajstić information content (AvgIpc) is 2.79. The second-order valence-electron chi connectivity index (χ2n) is 5.00.